The van der Waals surface area contributed by atoms with Crippen molar-refractivity contribution in [3.63, 3.8) is 0 Å². The molecule has 5 rings (SSSR count). The van der Waals surface area contributed by atoms with Crippen LogP contribution < -0.4 is 10.0 Å². The van der Waals surface area contributed by atoms with Crippen LogP contribution in [0.5, 0.6) is 0 Å². The average Bonchev–Trinajstić information content (AvgIpc) is 3.63. The van der Waals surface area contributed by atoms with Crippen LogP contribution in [-0.2, 0) is 17.7 Å². The van der Waals surface area contributed by atoms with Gasteiger partial charge in [-0.25, -0.2) is 21.9 Å². The van der Waals surface area contributed by atoms with E-state index < -0.39 is 34.6 Å². The van der Waals surface area contributed by atoms with Gasteiger partial charge in [-0.2, -0.15) is 5.10 Å². The molecule has 2 aromatic heterocycles. The van der Waals surface area contributed by atoms with Crippen molar-refractivity contribution in [1.29, 1.82) is 0 Å². The quantitative estimate of drug-likeness (QED) is 0.213. The summed E-state index contributed by atoms with van der Waals surface area (Å²) in [5.74, 6) is -3.15. The number of nitrogens with two attached hydrogens (primary N) is 1. The minimum atomic E-state index is -2.50. The molecule has 1 unspecified atom stereocenters. The van der Waals surface area contributed by atoms with Gasteiger partial charge in [-0.15, -0.1) is 0 Å². The molecule has 192 valence electrons. The average molecular weight is 593 g/mol. The first-order chi connectivity index (χ1) is 17.7. The molecule has 3 N–H and O–H groups in total. The lowest BCUT2D eigenvalue weighted by Crippen LogP contribution is -2.29. The second kappa shape index (κ2) is 9.92. The smallest absolute Gasteiger partial charge is 0.261 e. The zero-order chi connectivity index (χ0) is 26.4. The zero-order valence-corrected chi connectivity index (χ0v) is 21.5. The van der Waals surface area contributed by atoms with Crippen LogP contribution >= 0.6 is 15.9 Å². The van der Waals surface area contributed by atoms with E-state index >= 15 is 0 Å². The third-order valence-corrected chi connectivity index (χ3v) is 7.69. The van der Waals surface area contributed by atoms with Crippen LogP contribution in [0.25, 0.3) is 16.8 Å². The van der Waals surface area contributed by atoms with Gasteiger partial charge in [0.05, 0.1) is 27.4 Å². The monoisotopic (exact) mass is 592 g/mol. The van der Waals surface area contributed by atoms with Gasteiger partial charge in [0.2, 0.25) is 0 Å². The molecule has 0 aliphatic heterocycles. The number of fused-ring (bicyclic) bond motifs is 1. The van der Waals surface area contributed by atoms with Gasteiger partial charge < -0.3 is 5.73 Å². The summed E-state index contributed by atoms with van der Waals surface area (Å²) in [5.41, 5.74) is 8.10. The minimum Gasteiger partial charge on any atom is -0.365 e. The van der Waals surface area contributed by atoms with Crippen molar-refractivity contribution in [1.82, 2.24) is 9.61 Å². The largest absolute Gasteiger partial charge is 0.365 e. The van der Waals surface area contributed by atoms with Crippen molar-refractivity contribution in [3.8, 4) is 11.3 Å². The fourth-order valence-corrected chi connectivity index (χ4v) is 5.22. The van der Waals surface area contributed by atoms with Crippen LogP contribution in [0.3, 0.4) is 0 Å². The third-order valence-electron chi connectivity index (χ3n) is 6.32. The SMILES string of the molecule is NC(=O)c1c(-c2ccc(F)cc2)nn2cc(N(CCc3ccc(Br)c(F)c3F)S(=O)O)c(C3CC3)cc12. The zero-order valence-electron chi connectivity index (χ0n) is 19.1. The molecule has 1 aliphatic carbocycles. The highest BCUT2D eigenvalue weighted by Gasteiger charge is 2.32. The van der Waals surface area contributed by atoms with Crippen LogP contribution in [0, 0.1) is 17.5 Å². The number of benzene rings is 2. The molecule has 7 nitrogen and oxygen atoms in total. The number of primary amides is 1. The lowest BCUT2D eigenvalue weighted by molar-refractivity contribution is 0.100. The molecule has 0 bridgehead atoms. The number of halogens is 4. The number of pyridine rings is 1. The number of nitrogens with zero attached hydrogens (tertiary/aromatic N) is 3. The number of hydrogen-bond donors (Lipinski definition) is 2. The second-order valence-corrected chi connectivity index (χ2v) is 10.5. The van der Waals surface area contributed by atoms with Gasteiger partial charge in [-0.1, -0.05) is 6.07 Å². The summed E-state index contributed by atoms with van der Waals surface area (Å²) in [6, 6.07) is 9.94. The third kappa shape index (κ3) is 4.88. The van der Waals surface area contributed by atoms with E-state index in [0.717, 1.165) is 12.8 Å². The van der Waals surface area contributed by atoms with Crippen molar-refractivity contribution in [2.45, 2.75) is 25.2 Å². The molecule has 0 spiro atoms. The molecule has 4 aromatic rings. The Bertz CT molecular complexity index is 1560. The Kier molecular flexibility index (Phi) is 6.82. The topological polar surface area (TPSA) is 101 Å². The van der Waals surface area contributed by atoms with Crippen LogP contribution in [-0.4, -0.2) is 30.8 Å². The summed E-state index contributed by atoms with van der Waals surface area (Å²) in [4.78, 5) is 12.4. The summed E-state index contributed by atoms with van der Waals surface area (Å²) in [7, 11) is 0. The first-order valence-corrected chi connectivity index (χ1v) is 13.1. The van der Waals surface area contributed by atoms with E-state index in [1.807, 2.05) is 0 Å². The summed E-state index contributed by atoms with van der Waals surface area (Å²) in [6.07, 6.45) is 3.16. The molecule has 12 heteroatoms. The Balaban J connectivity index is 1.60. The first kappa shape index (κ1) is 25.4. The Labute approximate surface area is 220 Å². The van der Waals surface area contributed by atoms with E-state index in [1.165, 1.54) is 51.4 Å². The second-order valence-electron chi connectivity index (χ2n) is 8.73. The van der Waals surface area contributed by atoms with Crippen molar-refractivity contribution < 1.29 is 26.7 Å². The molecule has 1 aliphatic rings. The lowest BCUT2D eigenvalue weighted by atomic mass is 10.0. The summed E-state index contributed by atoms with van der Waals surface area (Å²) < 4.78 is 67.0. The normalized spacial score (nSPS) is 14.2. The summed E-state index contributed by atoms with van der Waals surface area (Å²) in [6.45, 7) is -0.0961. The minimum absolute atomic E-state index is 0.0151. The molecule has 1 amide bonds. The number of amides is 1. The molecule has 0 radical (unpaired) electrons. The molecule has 1 atom stereocenters. The van der Waals surface area contributed by atoms with Crippen molar-refractivity contribution in [2.24, 2.45) is 5.73 Å². The maximum atomic E-state index is 14.4. The summed E-state index contributed by atoms with van der Waals surface area (Å²) >= 11 is 0.440. The fraction of sp³-hybridized carbons (Fsp3) is 0.200. The number of carbonyl (C=O) groups is 1. The number of aromatic nitrogens is 2. The highest BCUT2D eigenvalue weighted by atomic mass is 79.9. The van der Waals surface area contributed by atoms with E-state index in [2.05, 4.69) is 21.0 Å². The van der Waals surface area contributed by atoms with E-state index in [0.29, 0.717) is 22.3 Å². The highest BCUT2D eigenvalue weighted by molar-refractivity contribution is 9.10. The van der Waals surface area contributed by atoms with Gasteiger partial charge in [0, 0.05) is 12.1 Å². The van der Waals surface area contributed by atoms with Crippen LogP contribution in [0.15, 0.2) is 53.1 Å². The Hall–Kier alpha value is -3.22. The molecular weight excluding hydrogens is 573 g/mol. The maximum Gasteiger partial charge on any atom is 0.261 e. The molecule has 0 saturated heterocycles. The molecule has 2 heterocycles. The highest BCUT2D eigenvalue weighted by Crippen LogP contribution is 2.46. The number of anilines is 1. The van der Waals surface area contributed by atoms with Gasteiger partial charge in [-0.05, 0) is 88.6 Å². The predicted octanol–water partition coefficient (Wildman–Crippen LogP) is 5.34. The Morgan fingerprint density at radius 1 is 1.16 bits per heavy atom. The predicted molar refractivity (Wildman–Crippen MR) is 137 cm³/mol. The van der Waals surface area contributed by atoms with E-state index in [4.69, 9.17) is 5.73 Å². The molecule has 2 aromatic carbocycles. The molecular formula is C25H20BrF3N4O3S. The van der Waals surface area contributed by atoms with Crippen molar-refractivity contribution in [2.75, 3.05) is 10.8 Å². The van der Waals surface area contributed by atoms with Gasteiger partial charge >= 0.3 is 0 Å². The summed E-state index contributed by atoms with van der Waals surface area (Å²) in [5, 5.41) is 4.48. The standard InChI is InChI=1S/C25H20BrF3N4O3S/c26-18-8-5-14(22(28)23(18)29)9-10-33(37(35)36)20-12-32-19(11-17(20)13-1-2-13)21(25(30)34)24(31-32)15-3-6-16(27)7-4-15/h3-8,11-13H,1-2,9-10H2,(H2,30,34)(H,35,36). The molecule has 1 saturated carbocycles. The van der Waals surface area contributed by atoms with Gasteiger partial charge in [0.15, 0.2) is 11.6 Å². The Morgan fingerprint density at radius 2 is 1.86 bits per heavy atom. The fourth-order valence-electron chi connectivity index (χ4n) is 4.34. The van der Waals surface area contributed by atoms with Crippen LogP contribution in [0.2, 0.25) is 0 Å². The lowest BCUT2D eigenvalue weighted by Gasteiger charge is -2.23. The van der Waals surface area contributed by atoms with Gasteiger partial charge in [0.25, 0.3) is 17.2 Å². The van der Waals surface area contributed by atoms with E-state index in [9.17, 15) is 26.7 Å². The number of rotatable bonds is 8. The molecule has 37 heavy (non-hydrogen) atoms. The van der Waals surface area contributed by atoms with E-state index in [-0.39, 0.29) is 40.2 Å². The van der Waals surface area contributed by atoms with Gasteiger partial charge in [-0.3, -0.25) is 13.7 Å². The van der Waals surface area contributed by atoms with Crippen molar-refractivity contribution >= 4 is 44.3 Å². The first-order valence-electron chi connectivity index (χ1n) is 11.3. The Morgan fingerprint density at radius 3 is 2.49 bits per heavy atom. The van der Waals surface area contributed by atoms with Crippen LogP contribution in [0.1, 0.15) is 40.2 Å². The number of carbonyl (C=O) groups excluding carboxylic acids is 1. The van der Waals surface area contributed by atoms with Gasteiger partial charge in [0.1, 0.15) is 11.5 Å². The number of hydrogen-bond acceptors (Lipinski definition) is 3. The maximum absolute atomic E-state index is 14.4. The van der Waals surface area contributed by atoms with Crippen molar-refractivity contribution in [3.05, 3.63) is 87.3 Å². The van der Waals surface area contributed by atoms with Crippen LogP contribution in [0.4, 0.5) is 18.9 Å². The molecule has 1 fully saturated rings. The van der Waals surface area contributed by atoms with E-state index in [1.54, 1.807) is 6.07 Å².